The molecule has 5 heteroatoms. The number of nitrogens with one attached hydrogen (secondary N) is 1. The van der Waals surface area contributed by atoms with Crippen molar-refractivity contribution >= 4 is 23.2 Å². The minimum atomic E-state index is -0.256. The highest BCUT2D eigenvalue weighted by Crippen LogP contribution is 2.25. The Morgan fingerprint density at radius 2 is 1.83 bits per heavy atom. The molecule has 0 unspecified atom stereocenters. The standard InChI is InChI=1S/C19H22ClNO3/c1-3-5-12-24-18-11-6-14(20)13-17(18)19(22)21-15-7-9-16(10-8-15)23-4-2/h6-11,13H,3-5,12H2,1-2H3,(H,21,22). The summed E-state index contributed by atoms with van der Waals surface area (Å²) in [5.41, 5.74) is 1.11. The summed E-state index contributed by atoms with van der Waals surface area (Å²) in [4.78, 5) is 12.5. The third kappa shape index (κ3) is 5.17. The maximum absolute atomic E-state index is 12.5. The van der Waals surface area contributed by atoms with E-state index >= 15 is 0 Å². The van der Waals surface area contributed by atoms with Gasteiger partial charge in [0.15, 0.2) is 0 Å². The van der Waals surface area contributed by atoms with Crippen LogP contribution in [0, 0.1) is 0 Å². The molecule has 4 nitrogen and oxygen atoms in total. The average molecular weight is 348 g/mol. The molecular formula is C19H22ClNO3. The lowest BCUT2D eigenvalue weighted by Crippen LogP contribution is -2.14. The summed E-state index contributed by atoms with van der Waals surface area (Å²) in [6.07, 6.45) is 1.96. The number of carbonyl (C=O) groups excluding carboxylic acids is 1. The summed E-state index contributed by atoms with van der Waals surface area (Å²) in [5.74, 6) is 1.05. The van der Waals surface area contributed by atoms with Gasteiger partial charge in [-0.2, -0.15) is 0 Å². The van der Waals surface area contributed by atoms with Gasteiger partial charge < -0.3 is 14.8 Å². The zero-order chi connectivity index (χ0) is 17.4. The lowest BCUT2D eigenvalue weighted by molar-refractivity contribution is 0.102. The second-order valence-corrected chi connectivity index (χ2v) is 5.69. The molecule has 0 fully saturated rings. The van der Waals surface area contributed by atoms with Gasteiger partial charge in [-0.3, -0.25) is 4.79 Å². The molecule has 0 spiro atoms. The molecule has 2 rings (SSSR count). The zero-order valence-electron chi connectivity index (χ0n) is 14.0. The van der Waals surface area contributed by atoms with E-state index in [4.69, 9.17) is 21.1 Å². The van der Waals surface area contributed by atoms with Crippen LogP contribution in [0.15, 0.2) is 42.5 Å². The van der Waals surface area contributed by atoms with Crippen LogP contribution >= 0.6 is 11.6 Å². The fourth-order valence-corrected chi connectivity index (χ4v) is 2.30. The molecule has 2 aromatic carbocycles. The Balaban J connectivity index is 2.11. The van der Waals surface area contributed by atoms with Crippen LogP contribution in [0.1, 0.15) is 37.0 Å². The largest absolute Gasteiger partial charge is 0.494 e. The fraction of sp³-hybridized carbons (Fsp3) is 0.316. The molecule has 0 aliphatic heterocycles. The molecule has 0 atom stereocenters. The number of ether oxygens (including phenoxy) is 2. The molecule has 2 aromatic rings. The monoisotopic (exact) mass is 347 g/mol. The molecule has 0 saturated heterocycles. The van der Waals surface area contributed by atoms with E-state index < -0.39 is 0 Å². The van der Waals surface area contributed by atoms with E-state index in [1.807, 2.05) is 19.1 Å². The first-order valence-corrected chi connectivity index (χ1v) is 8.48. The van der Waals surface area contributed by atoms with E-state index in [9.17, 15) is 4.79 Å². The van der Waals surface area contributed by atoms with Gasteiger partial charge in [-0.15, -0.1) is 0 Å². The Bertz CT molecular complexity index is 671. The minimum Gasteiger partial charge on any atom is -0.494 e. The molecule has 0 radical (unpaired) electrons. The molecule has 0 aromatic heterocycles. The number of carbonyl (C=O) groups is 1. The van der Waals surface area contributed by atoms with Crippen molar-refractivity contribution in [3.05, 3.63) is 53.1 Å². The first kappa shape index (κ1) is 18.1. The Hall–Kier alpha value is -2.20. The Kier molecular flexibility index (Phi) is 6.94. The van der Waals surface area contributed by atoms with Crippen LogP contribution in [0.3, 0.4) is 0 Å². The second kappa shape index (κ2) is 9.18. The summed E-state index contributed by atoms with van der Waals surface area (Å²) < 4.78 is 11.1. The van der Waals surface area contributed by atoms with Crippen LogP contribution in [-0.2, 0) is 0 Å². The van der Waals surface area contributed by atoms with E-state index in [1.54, 1.807) is 30.3 Å². The van der Waals surface area contributed by atoms with Crippen LogP contribution in [0.5, 0.6) is 11.5 Å². The summed E-state index contributed by atoms with van der Waals surface area (Å²) >= 11 is 6.03. The quantitative estimate of drug-likeness (QED) is 0.670. The van der Waals surface area contributed by atoms with Gasteiger partial charge in [-0.1, -0.05) is 24.9 Å². The number of hydrogen-bond donors (Lipinski definition) is 1. The molecule has 1 amide bonds. The van der Waals surface area contributed by atoms with Crippen molar-refractivity contribution in [1.82, 2.24) is 0 Å². The van der Waals surface area contributed by atoms with Crippen molar-refractivity contribution in [2.75, 3.05) is 18.5 Å². The Labute approximate surface area is 147 Å². The van der Waals surface area contributed by atoms with Gasteiger partial charge in [0.05, 0.1) is 18.8 Å². The van der Waals surface area contributed by atoms with Gasteiger partial charge in [0.25, 0.3) is 5.91 Å². The molecular weight excluding hydrogens is 326 g/mol. The molecule has 0 heterocycles. The van der Waals surface area contributed by atoms with Gasteiger partial charge in [0.2, 0.25) is 0 Å². The van der Waals surface area contributed by atoms with Gasteiger partial charge in [-0.25, -0.2) is 0 Å². The maximum atomic E-state index is 12.5. The topological polar surface area (TPSA) is 47.6 Å². The molecule has 0 bridgehead atoms. The minimum absolute atomic E-state index is 0.256. The van der Waals surface area contributed by atoms with Crippen molar-refractivity contribution in [2.45, 2.75) is 26.7 Å². The van der Waals surface area contributed by atoms with Crippen LogP contribution in [0.25, 0.3) is 0 Å². The van der Waals surface area contributed by atoms with E-state index in [-0.39, 0.29) is 5.91 Å². The number of halogens is 1. The van der Waals surface area contributed by atoms with Crippen LogP contribution < -0.4 is 14.8 Å². The summed E-state index contributed by atoms with van der Waals surface area (Å²) in [6, 6.07) is 12.3. The highest BCUT2D eigenvalue weighted by atomic mass is 35.5. The highest BCUT2D eigenvalue weighted by Gasteiger charge is 2.14. The molecule has 24 heavy (non-hydrogen) atoms. The number of hydrogen-bond acceptors (Lipinski definition) is 3. The van der Waals surface area contributed by atoms with Gasteiger partial charge in [-0.05, 0) is 55.8 Å². The van der Waals surface area contributed by atoms with Gasteiger partial charge >= 0.3 is 0 Å². The Morgan fingerprint density at radius 3 is 2.50 bits per heavy atom. The first-order chi connectivity index (χ1) is 11.6. The third-order valence-corrected chi connectivity index (χ3v) is 3.60. The lowest BCUT2D eigenvalue weighted by Gasteiger charge is -2.12. The number of unbranched alkanes of at least 4 members (excludes halogenated alkanes) is 1. The highest BCUT2D eigenvalue weighted by molar-refractivity contribution is 6.31. The number of rotatable bonds is 8. The SMILES string of the molecule is CCCCOc1ccc(Cl)cc1C(=O)Nc1ccc(OCC)cc1. The van der Waals surface area contributed by atoms with Crippen LogP contribution in [0.2, 0.25) is 5.02 Å². The predicted molar refractivity (Wildman–Crippen MR) is 97.4 cm³/mol. The van der Waals surface area contributed by atoms with Crippen molar-refractivity contribution in [2.24, 2.45) is 0 Å². The second-order valence-electron chi connectivity index (χ2n) is 5.25. The van der Waals surface area contributed by atoms with E-state index in [0.717, 1.165) is 18.6 Å². The zero-order valence-corrected chi connectivity index (χ0v) is 14.7. The van der Waals surface area contributed by atoms with E-state index in [2.05, 4.69) is 12.2 Å². The van der Waals surface area contributed by atoms with Crippen LogP contribution in [0.4, 0.5) is 5.69 Å². The smallest absolute Gasteiger partial charge is 0.259 e. The summed E-state index contributed by atoms with van der Waals surface area (Å²) in [6.45, 7) is 5.19. The molecule has 0 aliphatic carbocycles. The van der Waals surface area contributed by atoms with E-state index in [1.165, 1.54) is 0 Å². The van der Waals surface area contributed by atoms with Crippen LogP contribution in [-0.4, -0.2) is 19.1 Å². The molecule has 1 N–H and O–H groups in total. The Morgan fingerprint density at radius 1 is 1.08 bits per heavy atom. The molecule has 0 aliphatic rings. The summed E-state index contributed by atoms with van der Waals surface area (Å²) in [5, 5.41) is 3.35. The first-order valence-electron chi connectivity index (χ1n) is 8.10. The number of anilines is 1. The lowest BCUT2D eigenvalue weighted by atomic mass is 10.1. The van der Waals surface area contributed by atoms with Crippen molar-refractivity contribution < 1.29 is 14.3 Å². The van der Waals surface area contributed by atoms with E-state index in [0.29, 0.717) is 35.2 Å². The average Bonchev–Trinajstić information content (AvgIpc) is 2.58. The molecule has 128 valence electrons. The molecule has 0 saturated carbocycles. The van der Waals surface area contributed by atoms with Crippen molar-refractivity contribution in [1.29, 1.82) is 0 Å². The maximum Gasteiger partial charge on any atom is 0.259 e. The third-order valence-electron chi connectivity index (χ3n) is 3.36. The van der Waals surface area contributed by atoms with Crippen molar-refractivity contribution in [3.8, 4) is 11.5 Å². The van der Waals surface area contributed by atoms with Crippen molar-refractivity contribution in [3.63, 3.8) is 0 Å². The fourth-order valence-electron chi connectivity index (χ4n) is 2.13. The number of benzene rings is 2. The van der Waals surface area contributed by atoms with Gasteiger partial charge in [0.1, 0.15) is 11.5 Å². The van der Waals surface area contributed by atoms with Gasteiger partial charge in [0, 0.05) is 10.7 Å². The number of amides is 1. The normalized spacial score (nSPS) is 10.3. The predicted octanol–water partition coefficient (Wildman–Crippen LogP) is 5.17. The summed E-state index contributed by atoms with van der Waals surface area (Å²) in [7, 11) is 0.